The number of rotatable bonds is 3. The van der Waals surface area contributed by atoms with Crippen LogP contribution in [0.3, 0.4) is 0 Å². The summed E-state index contributed by atoms with van der Waals surface area (Å²) < 4.78 is 23.2. The predicted octanol–water partition coefficient (Wildman–Crippen LogP) is 2.34. The van der Waals surface area contributed by atoms with Gasteiger partial charge in [0.05, 0.1) is 4.90 Å². The Morgan fingerprint density at radius 1 is 1.22 bits per heavy atom. The van der Waals surface area contributed by atoms with Crippen molar-refractivity contribution in [2.45, 2.75) is 38.5 Å². The lowest BCUT2D eigenvalue weighted by atomic mass is 10.0. The highest BCUT2D eigenvalue weighted by molar-refractivity contribution is 7.90. The second-order valence-electron chi connectivity index (χ2n) is 4.04. The number of carbonyl (C=O) groups is 1. The zero-order chi connectivity index (χ0) is 14.5. The first-order valence-corrected chi connectivity index (χ1v) is 7.76. The molecule has 0 unspecified atom stereocenters. The SMILES string of the molecule is CC.CC(C)c1ccc(C(N)=O)cc1S(C)(=O)=O. The summed E-state index contributed by atoms with van der Waals surface area (Å²) in [6.45, 7) is 7.79. The van der Waals surface area contributed by atoms with E-state index in [1.807, 2.05) is 27.7 Å². The van der Waals surface area contributed by atoms with Crippen molar-refractivity contribution in [3.63, 3.8) is 0 Å². The lowest BCUT2D eigenvalue weighted by Gasteiger charge is -2.12. The standard InChI is InChI=1S/C11H15NO3S.C2H6/c1-7(2)9-5-4-8(11(12)13)6-10(9)16(3,14)15;1-2/h4-7H,1-3H3,(H2,12,13);1-2H3. The highest BCUT2D eigenvalue weighted by Gasteiger charge is 2.17. The Labute approximate surface area is 109 Å². The molecule has 18 heavy (non-hydrogen) atoms. The summed E-state index contributed by atoms with van der Waals surface area (Å²) in [7, 11) is -3.34. The third-order valence-electron chi connectivity index (χ3n) is 2.32. The summed E-state index contributed by atoms with van der Waals surface area (Å²) in [6, 6.07) is 4.53. The molecule has 1 aromatic rings. The molecule has 0 saturated carbocycles. The molecule has 1 rings (SSSR count). The molecule has 0 atom stereocenters. The van der Waals surface area contributed by atoms with Crippen LogP contribution in [0.15, 0.2) is 23.1 Å². The average molecular weight is 271 g/mol. The summed E-state index contributed by atoms with van der Waals surface area (Å²) in [4.78, 5) is 11.2. The summed E-state index contributed by atoms with van der Waals surface area (Å²) in [6.07, 6.45) is 1.12. The third-order valence-corrected chi connectivity index (χ3v) is 3.47. The van der Waals surface area contributed by atoms with Gasteiger partial charge in [0.25, 0.3) is 0 Å². The van der Waals surface area contributed by atoms with Crippen molar-refractivity contribution in [2.75, 3.05) is 6.26 Å². The van der Waals surface area contributed by atoms with Crippen LogP contribution in [0.1, 0.15) is 49.5 Å². The number of sulfone groups is 1. The van der Waals surface area contributed by atoms with E-state index in [9.17, 15) is 13.2 Å². The Hall–Kier alpha value is -1.36. The maximum atomic E-state index is 11.6. The van der Waals surface area contributed by atoms with Crippen LogP contribution in [0.5, 0.6) is 0 Å². The topological polar surface area (TPSA) is 77.2 Å². The van der Waals surface area contributed by atoms with Gasteiger partial charge in [-0.3, -0.25) is 4.79 Å². The molecule has 5 heteroatoms. The fraction of sp³-hybridized carbons (Fsp3) is 0.462. The van der Waals surface area contributed by atoms with Crippen molar-refractivity contribution in [3.05, 3.63) is 29.3 Å². The van der Waals surface area contributed by atoms with E-state index in [0.717, 1.165) is 6.26 Å². The first kappa shape index (κ1) is 16.6. The zero-order valence-electron chi connectivity index (χ0n) is 11.5. The molecule has 0 radical (unpaired) electrons. The summed E-state index contributed by atoms with van der Waals surface area (Å²) in [5.41, 5.74) is 6.03. The van der Waals surface area contributed by atoms with Crippen molar-refractivity contribution in [1.29, 1.82) is 0 Å². The number of nitrogens with two attached hydrogens (primary N) is 1. The van der Waals surface area contributed by atoms with Gasteiger partial charge in [0.15, 0.2) is 9.84 Å². The van der Waals surface area contributed by atoms with Gasteiger partial charge in [0.1, 0.15) is 0 Å². The van der Waals surface area contributed by atoms with Crippen LogP contribution in [0.25, 0.3) is 0 Å². The largest absolute Gasteiger partial charge is 0.366 e. The molecule has 1 aromatic carbocycles. The molecule has 0 aliphatic carbocycles. The maximum Gasteiger partial charge on any atom is 0.248 e. The molecule has 102 valence electrons. The molecule has 0 bridgehead atoms. The van der Waals surface area contributed by atoms with E-state index < -0.39 is 15.7 Å². The van der Waals surface area contributed by atoms with E-state index in [0.29, 0.717) is 5.56 Å². The first-order chi connectivity index (χ1) is 8.23. The van der Waals surface area contributed by atoms with Crippen LogP contribution in [-0.4, -0.2) is 20.6 Å². The Bertz CT molecular complexity index is 519. The zero-order valence-corrected chi connectivity index (χ0v) is 12.3. The van der Waals surface area contributed by atoms with Crippen LogP contribution in [0, 0.1) is 0 Å². The average Bonchev–Trinajstić information content (AvgIpc) is 2.29. The van der Waals surface area contributed by atoms with Gasteiger partial charge in [-0.1, -0.05) is 33.8 Å². The van der Waals surface area contributed by atoms with Crippen LogP contribution >= 0.6 is 0 Å². The van der Waals surface area contributed by atoms with Crippen LogP contribution in [0.4, 0.5) is 0 Å². The van der Waals surface area contributed by atoms with Gasteiger partial charge in [-0.05, 0) is 23.6 Å². The van der Waals surface area contributed by atoms with Crippen molar-refractivity contribution in [2.24, 2.45) is 5.73 Å². The van der Waals surface area contributed by atoms with Gasteiger partial charge >= 0.3 is 0 Å². The Morgan fingerprint density at radius 2 is 1.72 bits per heavy atom. The molecule has 0 fully saturated rings. The fourth-order valence-electron chi connectivity index (χ4n) is 1.49. The Morgan fingerprint density at radius 3 is 2.06 bits per heavy atom. The monoisotopic (exact) mass is 271 g/mol. The molecule has 0 aliphatic heterocycles. The molecule has 0 aromatic heterocycles. The van der Waals surface area contributed by atoms with Crippen LogP contribution in [-0.2, 0) is 9.84 Å². The number of hydrogen-bond acceptors (Lipinski definition) is 3. The van der Waals surface area contributed by atoms with Gasteiger partial charge in [0.2, 0.25) is 5.91 Å². The smallest absolute Gasteiger partial charge is 0.248 e. The molecule has 0 saturated heterocycles. The number of hydrogen-bond donors (Lipinski definition) is 1. The minimum Gasteiger partial charge on any atom is -0.366 e. The number of benzene rings is 1. The van der Waals surface area contributed by atoms with Crippen LogP contribution < -0.4 is 5.73 Å². The van der Waals surface area contributed by atoms with E-state index >= 15 is 0 Å². The summed E-state index contributed by atoms with van der Waals surface area (Å²) >= 11 is 0. The molecule has 2 N–H and O–H groups in total. The normalized spacial score (nSPS) is 10.8. The number of carbonyl (C=O) groups excluding carboxylic acids is 1. The molecule has 4 nitrogen and oxygen atoms in total. The lowest BCUT2D eigenvalue weighted by Crippen LogP contribution is -2.13. The minimum atomic E-state index is -3.34. The Kier molecular flexibility index (Phi) is 6.05. The fourth-order valence-corrected chi connectivity index (χ4v) is 2.56. The third kappa shape index (κ3) is 4.14. The quantitative estimate of drug-likeness (QED) is 0.916. The van der Waals surface area contributed by atoms with Gasteiger partial charge in [0, 0.05) is 11.8 Å². The van der Waals surface area contributed by atoms with Crippen molar-refractivity contribution in [3.8, 4) is 0 Å². The van der Waals surface area contributed by atoms with Crippen molar-refractivity contribution < 1.29 is 13.2 Å². The molecular formula is C13H21NO3S. The lowest BCUT2D eigenvalue weighted by molar-refractivity contribution is 0.1000. The van der Waals surface area contributed by atoms with E-state index in [-0.39, 0.29) is 16.4 Å². The molecular weight excluding hydrogens is 250 g/mol. The maximum absolute atomic E-state index is 11.6. The van der Waals surface area contributed by atoms with Gasteiger partial charge in [-0.2, -0.15) is 0 Å². The van der Waals surface area contributed by atoms with Crippen LogP contribution in [0.2, 0.25) is 0 Å². The van der Waals surface area contributed by atoms with E-state index in [2.05, 4.69) is 0 Å². The second kappa shape index (κ2) is 6.54. The van der Waals surface area contributed by atoms with Crippen molar-refractivity contribution >= 4 is 15.7 Å². The highest BCUT2D eigenvalue weighted by Crippen LogP contribution is 2.24. The molecule has 1 amide bonds. The van der Waals surface area contributed by atoms with Gasteiger partial charge in [-0.15, -0.1) is 0 Å². The molecule has 0 spiro atoms. The molecule has 0 aliphatic rings. The number of amides is 1. The minimum absolute atomic E-state index is 0.0756. The second-order valence-corrected chi connectivity index (χ2v) is 6.03. The van der Waals surface area contributed by atoms with Crippen molar-refractivity contribution in [1.82, 2.24) is 0 Å². The van der Waals surface area contributed by atoms with Gasteiger partial charge in [-0.25, -0.2) is 8.42 Å². The summed E-state index contributed by atoms with van der Waals surface area (Å²) in [5, 5.41) is 0. The van der Waals surface area contributed by atoms with E-state index in [1.54, 1.807) is 12.1 Å². The van der Waals surface area contributed by atoms with E-state index in [4.69, 9.17) is 5.73 Å². The summed E-state index contributed by atoms with van der Waals surface area (Å²) in [5.74, 6) is -0.549. The first-order valence-electron chi connectivity index (χ1n) is 5.87. The van der Waals surface area contributed by atoms with E-state index in [1.165, 1.54) is 6.07 Å². The predicted molar refractivity (Wildman–Crippen MR) is 73.5 cm³/mol. The number of primary amides is 1. The Balaban J connectivity index is 0.00000137. The van der Waals surface area contributed by atoms with Gasteiger partial charge < -0.3 is 5.73 Å². The highest BCUT2D eigenvalue weighted by atomic mass is 32.2. The molecule has 0 heterocycles.